The quantitative estimate of drug-likeness (QED) is 0.299. The Balaban J connectivity index is 0.00000625. The molecule has 1 rings (SSSR count). The summed E-state index contributed by atoms with van der Waals surface area (Å²) in [7, 11) is 0. The summed E-state index contributed by atoms with van der Waals surface area (Å²) >= 11 is 0. The minimum atomic E-state index is -4.76. The first-order chi connectivity index (χ1) is 11.9. The van der Waals surface area contributed by atoms with Crippen molar-refractivity contribution in [2.75, 3.05) is 19.6 Å². The number of nitrogens with zero attached hydrogens (tertiary/aromatic N) is 1. The minimum absolute atomic E-state index is 0. The van der Waals surface area contributed by atoms with Gasteiger partial charge in [0.05, 0.1) is 13.1 Å². The third kappa shape index (κ3) is 10.3. The molecule has 0 aliphatic heterocycles. The maximum Gasteiger partial charge on any atom is 0.573 e. The van der Waals surface area contributed by atoms with Crippen molar-refractivity contribution in [2.24, 2.45) is 4.99 Å². The van der Waals surface area contributed by atoms with Crippen molar-refractivity contribution < 1.29 is 22.7 Å². The van der Waals surface area contributed by atoms with E-state index in [-0.39, 0.29) is 54.3 Å². The Kier molecular flexibility index (Phi) is 11.8. The Bertz CT molecular complexity index is 583. The van der Waals surface area contributed by atoms with Gasteiger partial charge in [0.25, 0.3) is 0 Å². The molecule has 148 valence electrons. The predicted molar refractivity (Wildman–Crippen MR) is 105 cm³/mol. The van der Waals surface area contributed by atoms with Crippen LogP contribution in [0.1, 0.15) is 25.8 Å². The number of amides is 1. The molecule has 26 heavy (non-hydrogen) atoms. The number of rotatable bonds is 8. The average molecular weight is 488 g/mol. The number of guanidine groups is 1. The van der Waals surface area contributed by atoms with E-state index in [2.05, 4.69) is 25.7 Å². The maximum atomic E-state index is 12.4. The van der Waals surface area contributed by atoms with E-state index in [1.54, 1.807) is 6.07 Å². The van der Waals surface area contributed by atoms with Gasteiger partial charge in [0, 0.05) is 18.7 Å². The summed E-state index contributed by atoms with van der Waals surface area (Å²) in [5.74, 6) is -0.153. The Labute approximate surface area is 168 Å². The van der Waals surface area contributed by atoms with Crippen molar-refractivity contribution in [1.29, 1.82) is 0 Å². The van der Waals surface area contributed by atoms with Crippen molar-refractivity contribution in [2.45, 2.75) is 33.2 Å². The molecule has 0 atom stereocenters. The van der Waals surface area contributed by atoms with Crippen LogP contribution in [0.2, 0.25) is 0 Å². The van der Waals surface area contributed by atoms with E-state index in [4.69, 9.17) is 0 Å². The van der Waals surface area contributed by atoms with Crippen molar-refractivity contribution in [3.63, 3.8) is 0 Å². The van der Waals surface area contributed by atoms with E-state index >= 15 is 0 Å². The molecule has 1 aromatic rings. The molecular formula is C16H24F3IN4O2. The maximum absolute atomic E-state index is 12.4. The highest BCUT2D eigenvalue weighted by molar-refractivity contribution is 14.0. The lowest BCUT2D eigenvalue weighted by Crippen LogP contribution is -2.43. The number of alkyl halides is 3. The molecule has 0 bridgehead atoms. The zero-order chi connectivity index (χ0) is 18.7. The zero-order valence-electron chi connectivity index (χ0n) is 14.7. The van der Waals surface area contributed by atoms with Gasteiger partial charge >= 0.3 is 6.36 Å². The summed E-state index contributed by atoms with van der Waals surface area (Å²) in [5.41, 5.74) is 0.285. The molecule has 0 aliphatic rings. The standard InChI is InChI=1S/C16H23F3N4O2.HI/c1-3-9-21-14(24)11-23-15(20-4-2)22-10-12-7-5-6-8-13(12)25-16(17,18)19;/h5-8H,3-4,9-11H2,1-2H3,(H,21,24)(H2,20,22,23);1H. The summed E-state index contributed by atoms with van der Waals surface area (Å²) in [6, 6.07) is 5.79. The van der Waals surface area contributed by atoms with Gasteiger partial charge < -0.3 is 20.7 Å². The number of halogens is 4. The number of ether oxygens (including phenoxy) is 1. The third-order valence-electron chi connectivity index (χ3n) is 2.94. The summed E-state index contributed by atoms with van der Waals surface area (Å²) < 4.78 is 41.3. The van der Waals surface area contributed by atoms with Crippen LogP contribution in [0.25, 0.3) is 0 Å². The Morgan fingerprint density at radius 3 is 2.46 bits per heavy atom. The van der Waals surface area contributed by atoms with Gasteiger partial charge in [0.2, 0.25) is 5.91 Å². The highest BCUT2D eigenvalue weighted by Crippen LogP contribution is 2.26. The lowest BCUT2D eigenvalue weighted by Gasteiger charge is -2.14. The van der Waals surface area contributed by atoms with E-state index in [9.17, 15) is 18.0 Å². The van der Waals surface area contributed by atoms with Gasteiger partial charge in [-0.25, -0.2) is 4.99 Å². The first-order valence-electron chi connectivity index (χ1n) is 7.98. The van der Waals surface area contributed by atoms with Crippen LogP contribution in [0.3, 0.4) is 0 Å². The Hall–Kier alpha value is -1.72. The molecule has 0 radical (unpaired) electrons. The average Bonchev–Trinajstić information content (AvgIpc) is 2.55. The molecule has 1 amide bonds. The number of benzene rings is 1. The van der Waals surface area contributed by atoms with Crippen LogP contribution >= 0.6 is 24.0 Å². The van der Waals surface area contributed by atoms with Crippen molar-refractivity contribution in [3.05, 3.63) is 29.8 Å². The largest absolute Gasteiger partial charge is 0.573 e. The number of hydrogen-bond donors (Lipinski definition) is 3. The summed E-state index contributed by atoms with van der Waals surface area (Å²) in [5, 5.41) is 8.47. The summed E-state index contributed by atoms with van der Waals surface area (Å²) in [6.07, 6.45) is -3.93. The molecule has 6 nitrogen and oxygen atoms in total. The molecule has 0 aromatic heterocycles. The molecule has 0 saturated carbocycles. The lowest BCUT2D eigenvalue weighted by molar-refractivity contribution is -0.274. The number of aliphatic imine (C=N–C) groups is 1. The minimum Gasteiger partial charge on any atom is -0.405 e. The highest BCUT2D eigenvalue weighted by Gasteiger charge is 2.31. The predicted octanol–water partition coefficient (Wildman–Crippen LogP) is 2.78. The van der Waals surface area contributed by atoms with Crippen molar-refractivity contribution in [3.8, 4) is 5.75 Å². The summed E-state index contributed by atoms with van der Waals surface area (Å²) in [6.45, 7) is 4.90. The molecule has 0 unspecified atom stereocenters. The van der Waals surface area contributed by atoms with Gasteiger partial charge in [-0.05, 0) is 19.4 Å². The second-order valence-electron chi connectivity index (χ2n) is 5.05. The van der Waals surface area contributed by atoms with Crippen LogP contribution < -0.4 is 20.7 Å². The molecule has 0 fully saturated rings. The number of nitrogens with one attached hydrogen (secondary N) is 3. The van der Waals surface area contributed by atoms with E-state index in [0.29, 0.717) is 19.0 Å². The Morgan fingerprint density at radius 1 is 1.15 bits per heavy atom. The van der Waals surface area contributed by atoms with Crippen molar-refractivity contribution in [1.82, 2.24) is 16.0 Å². The molecule has 10 heteroatoms. The topological polar surface area (TPSA) is 74.8 Å². The first kappa shape index (κ1) is 24.3. The second kappa shape index (κ2) is 12.6. The van der Waals surface area contributed by atoms with Crippen LogP contribution in [0.5, 0.6) is 5.75 Å². The molecule has 1 aromatic carbocycles. The van der Waals surface area contributed by atoms with Crippen molar-refractivity contribution >= 4 is 35.8 Å². The molecular weight excluding hydrogens is 464 g/mol. The number of carbonyl (C=O) groups is 1. The fraction of sp³-hybridized carbons (Fsp3) is 0.500. The van der Waals surface area contributed by atoms with Crippen LogP contribution in [0.4, 0.5) is 13.2 Å². The third-order valence-corrected chi connectivity index (χ3v) is 2.94. The van der Waals surface area contributed by atoms with Crippen LogP contribution in [-0.2, 0) is 11.3 Å². The van der Waals surface area contributed by atoms with Gasteiger partial charge in [-0.2, -0.15) is 0 Å². The van der Waals surface area contributed by atoms with Gasteiger partial charge in [0.1, 0.15) is 5.75 Å². The molecule has 0 spiro atoms. The second-order valence-corrected chi connectivity index (χ2v) is 5.05. The number of para-hydroxylation sites is 1. The SMILES string of the molecule is CCCNC(=O)CNC(=NCc1ccccc1OC(F)(F)F)NCC.I. The molecule has 0 heterocycles. The Morgan fingerprint density at radius 2 is 1.85 bits per heavy atom. The number of hydrogen-bond acceptors (Lipinski definition) is 3. The normalized spacial score (nSPS) is 11.3. The molecule has 0 saturated heterocycles. The van der Waals surface area contributed by atoms with E-state index < -0.39 is 6.36 Å². The van der Waals surface area contributed by atoms with Gasteiger partial charge in [-0.1, -0.05) is 25.1 Å². The highest BCUT2D eigenvalue weighted by atomic mass is 127. The van der Waals surface area contributed by atoms with Gasteiger partial charge in [-0.15, -0.1) is 37.1 Å². The van der Waals surface area contributed by atoms with Crippen LogP contribution in [-0.4, -0.2) is 37.9 Å². The van der Waals surface area contributed by atoms with E-state index in [0.717, 1.165) is 6.42 Å². The lowest BCUT2D eigenvalue weighted by atomic mass is 10.2. The van der Waals surface area contributed by atoms with E-state index in [1.807, 2.05) is 13.8 Å². The smallest absolute Gasteiger partial charge is 0.405 e. The fourth-order valence-corrected chi connectivity index (χ4v) is 1.86. The van der Waals surface area contributed by atoms with Crippen LogP contribution in [0, 0.1) is 0 Å². The van der Waals surface area contributed by atoms with Crippen LogP contribution in [0.15, 0.2) is 29.3 Å². The van der Waals surface area contributed by atoms with Gasteiger partial charge in [-0.3, -0.25) is 4.79 Å². The first-order valence-corrected chi connectivity index (χ1v) is 7.98. The van der Waals surface area contributed by atoms with E-state index in [1.165, 1.54) is 18.2 Å². The zero-order valence-corrected chi connectivity index (χ0v) is 17.0. The fourth-order valence-electron chi connectivity index (χ4n) is 1.86. The van der Waals surface area contributed by atoms with Gasteiger partial charge in [0.15, 0.2) is 5.96 Å². The number of carbonyl (C=O) groups excluding carboxylic acids is 1. The summed E-state index contributed by atoms with van der Waals surface area (Å²) in [4.78, 5) is 15.8. The monoisotopic (exact) mass is 488 g/mol. The molecule has 3 N–H and O–H groups in total. The molecule has 0 aliphatic carbocycles.